The van der Waals surface area contributed by atoms with E-state index in [-0.39, 0.29) is 0 Å². The van der Waals surface area contributed by atoms with Crippen LogP contribution in [0.2, 0.25) is 0 Å². The first-order valence-corrected chi connectivity index (χ1v) is 6.74. The minimum Gasteiger partial charge on any atom is -0.389 e. The van der Waals surface area contributed by atoms with Gasteiger partial charge in [0.05, 0.1) is 6.54 Å². The summed E-state index contributed by atoms with van der Waals surface area (Å²) in [6.07, 6.45) is 3.92. The number of hydrogen-bond acceptors (Lipinski definition) is 3. The number of benzene rings is 1. The smallest absolute Gasteiger partial charge is 0.122 e. The molecule has 98 valence electrons. The van der Waals surface area contributed by atoms with E-state index in [1.54, 1.807) is 0 Å². The Morgan fingerprint density at radius 1 is 1.26 bits per heavy atom. The van der Waals surface area contributed by atoms with Crippen molar-refractivity contribution in [2.75, 3.05) is 6.54 Å². The van der Waals surface area contributed by atoms with Crippen molar-refractivity contribution in [2.45, 2.75) is 19.6 Å². The monoisotopic (exact) mass is 272 g/mol. The summed E-state index contributed by atoms with van der Waals surface area (Å²) in [6.45, 7) is 3.91. The molecule has 2 aromatic rings. The fourth-order valence-corrected chi connectivity index (χ4v) is 2.53. The number of thiocarbonyl (C=S) groups is 1. The first-order chi connectivity index (χ1) is 9.22. The lowest BCUT2D eigenvalue weighted by molar-refractivity contribution is 0.209. The molecule has 0 radical (unpaired) electrons. The van der Waals surface area contributed by atoms with Crippen molar-refractivity contribution < 1.29 is 0 Å². The molecule has 1 aliphatic heterocycles. The lowest BCUT2D eigenvalue weighted by Crippen LogP contribution is -2.33. The second kappa shape index (κ2) is 5.11. The van der Waals surface area contributed by atoms with Gasteiger partial charge in [-0.25, -0.2) is 4.98 Å². The molecule has 0 bridgehead atoms. The molecule has 1 aliphatic rings. The minimum absolute atomic E-state index is 0.451. The molecule has 5 heteroatoms. The zero-order valence-corrected chi connectivity index (χ0v) is 11.4. The Kier molecular flexibility index (Phi) is 3.31. The number of hydrogen-bond donors (Lipinski definition) is 1. The number of fused-ring (bicyclic) bond motifs is 1. The van der Waals surface area contributed by atoms with Gasteiger partial charge in [-0.05, 0) is 5.56 Å². The largest absolute Gasteiger partial charge is 0.389 e. The molecule has 19 heavy (non-hydrogen) atoms. The molecule has 0 unspecified atom stereocenters. The molecular weight excluding hydrogens is 256 g/mol. The number of rotatable bonds is 3. The summed E-state index contributed by atoms with van der Waals surface area (Å²) in [5, 5.41) is 0. The molecule has 0 spiro atoms. The van der Waals surface area contributed by atoms with Gasteiger partial charge in [0.25, 0.3) is 0 Å². The summed E-state index contributed by atoms with van der Waals surface area (Å²) in [5.41, 5.74) is 7.80. The van der Waals surface area contributed by atoms with E-state index in [0.717, 1.165) is 37.6 Å². The number of imidazole rings is 1. The zero-order chi connectivity index (χ0) is 13.2. The Hall–Kier alpha value is -1.72. The Balaban J connectivity index is 1.68. The molecule has 1 aromatic heterocycles. The van der Waals surface area contributed by atoms with Crippen LogP contribution in [0.5, 0.6) is 0 Å². The number of aromatic nitrogens is 2. The van der Waals surface area contributed by atoms with Crippen molar-refractivity contribution in [1.29, 1.82) is 0 Å². The van der Waals surface area contributed by atoms with Crippen LogP contribution in [0.4, 0.5) is 0 Å². The summed E-state index contributed by atoms with van der Waals surface area (Å²) >= 11 is 4.96. The lowest BCUT2D eigenvalue weighted by Gasteiger charge is -2.27. The van der Waals surface area contributed by atoms with Gasteiger partial charge in [-0.3, -0.25) is 4.90 Å². The molecule has 1 aromatic carbocycles. The van der Waals surface area contributed by atoms with Crippen LogP contribution < -0.4 is 5.73 Å². The maximum atomic E-state index is 5.60. The Bertz CT molecular complexity index is 588. The average Bonchev–Trinajstić information content (AvgIpc) is 2.87. The molecule has 2 heterocycles. The summed E-state index contributed by atoms with van der Waals surface area (Å²) < 4.78 is 2.21. The fraction of sp³-hybridized carbons (Fsp3) is 0.286. The van der Waals surface area contributed by atoms with Crippen LogP contribution in [0.3, 0.4) is 0 Å². The third-order valence-electron chi connectivity index (χ3n) is 3.47. The highest BCUT2D eigenvalue weighted by molar-refractivity contribution is 7.80. The highest BCUT2D eigenvalue weighted by Crippen LogP contribution is 2.14. The molecule has 4 nitrogen and oxygen atoms in total. The van der Waals surface area contributed by atoms with E-state index in [4.69, 9.17) is 18.0 Å². The maximum Gasteiger partial charge on any atom is 0.122 e. The van der Waals surface area contributed by atoms with Gasteiger partial charge in [0, 0.05) is 37.6 Å². The van der Waals surface area contributed by atoms with Crippen molar-refractivity contribution in [2.24, 2.45) is 5.73 Å². The molecule has 0 saturated heterocycles. The van der Waals surface area contributed by atoms with Gasteiger partial charge in [0.1, 0.15) is 10.8 Å². The highest BCUT2D eigenvalue weighted by atomic mass is 32.1. The summed E-state index contributed by atoms with van der Waals surface area (Å²) in [5.74, 6) is 1.14. The van der Waals surface area contributed by atoms with Gasteiger partial charge in [-0.2, -0.15) is 0 Å². The van der Waals surface area contributed by atoms with Gasteiger partial charge in [-0.15, -0.1) is 0 Å². The van der Waals surface area contributed by atoms with E-state index in [1.165, 1.54) is 5.56 Å². The third kappa shape index (κ3) is 2.67. The van der Waals surface area contributed by atoms with Crippen molar-refractivity contribution in [3.8, 4) is 0 Å². The minimum atomic E-state index is 0.451. The van der Waals surface area contributed by atoms with E-state index in [1.807, 2.05) is 24.5 Å². The topological polar surface area (TPSA) is 47.1 Å². The standard InChI is InChI=1S/C14H16N4S/c15-14(19)12-3-1-11(2-4-12)9-17-7-8-18-6-5-16-13(18)10-17/h1-6H,7-10H2,(H2,15,19). The van der Waals surface area contributed by atoms with Crippen LogP contribution in [-0.4, -0.2) is 26.0 Å². The van der Waals surface area contributed by atoms with Gasteiger partial charge >= 0.3 is 0 Å². The van der Waals surface area contributed by atoms with E-state index in [2.05, 4.69) is 26.6 Å². The second-order valence-electron chi connectivity index (χ2n) is 4.81. The Morgan fingerprint density at radius 3 is 2.79 bits per heavy atom. The third-order valence-corrected chi connectivity index (χ3v) is 3.70. The van der Waals surface area contributed by atoms with Crippen molar-refractivity contribution >= 4 is 17.2 Å². The van der Waals surface area contributed by atoms with Crippen LogP contribution in [0.15, 0.2) is 36.7 Å². The zero-order valence-electron chi connectivity index (χ0n) is 10.6. The van der Waals surface area contributed by atoms with Crippen molar-refractivity contribution in [1.82, 2.24) is 14.5 Å². The van der Waals surface area contributed by atoms with Crippen molar-refractivity contribution in [3.05, 3.63) is 53.6 Å². The van der Waals surface area contributed by atoms with E-state index < -0.39 is 0 Å². The van der Waals surface area contributed by atoms with Crippen LogP contribution in [0, 0.1) is 0 Å². The van der Waals surface area contributed by atoms with Crippen LogP contribution in [-0.2, 0) is 19.6 Å². The average molecular weight is 272 g/mol. The number of nitrogens with two attached hydrogens (primary N) is 1. The fourth-order valence-electron chi connectivity index (χ4n) is 2.39. The quantitative estimate of drug-likeness (QED) is 0.861. The predicted octanol–water partition coefficient (Wildman–Crippen LogP) is 1.53. The van der Waals surface area contributed by atoms with Gasteiger partial charge < -0.3 is 10.3 Å². The van der Waals surface area contributed by atoms with Gasteiger partial charge in [0.2, 0.25) is 0 Å². The molecule has 0 aliphatic carbocycles. The van der Waals surface area contributed by atoms with Crippen LogP contribution >= 0.6 is 12.2 Å². The molecule has 2 N–H and O–H groups in total. The van der Waals surface area contributed by atoms with E-state index in [9.17, 15) is 0 Å². The summed E-state index contributed by atoms with van der Waals surface area (Å²) in [6, 6.07) is 8.16. The van der Waals surface area contributed by atoms with E-state index in [0.29, 0.717) is 4.99 Å². The van der Waals surface area contributed by atoms with Crippen LogP contribution in [0.1, 0.15) is 17.0 Å². The molecule has 0 saturated carbocycles. The predicted molar refractivity (Wildman–Crippen MR) is 78.7 cm³/mol. The lowest BCUT2D eigenvalue weighted by atomic mass is 10.1. The molecule has 3 rings (SSSR count). The normalized spacial score (nSPS) is 15.2. The molecule has 0 amide bonds. The molecule has 0 fully saturated rings. The maximum absolute atomic E-state index is 5.60. The van der Waals surface area contributed by atoms with E-state index >= 15 is 0 Å². The van der Waals surface area contributed by atoms with Gasteiger partial charge in [0.15, 0.2) is 0 Å². The number of nitrogens with zero attached hydrogens (tertiary/aromatic N) is 3. The summed E-state index contributed by atoms with van der Waals surface area (Å²) in [7, 11) is 0. The second-order valence-corrected chi connectivity index (χ2v) is 5.25. The summed E-state index contributed by atoms with van der Waals surface area (Å²) in [4.78, 5) is 7.23. The SMILES string of the molecule is NC(=S)c1ccc(CN2CCn3ccnc3C2)cc1. The Morgan fingerprint density at radius 2 is 2.05 bits per heavy atom. The van der Waals surface area contributed by atoms with Gasteiger partial charge in [-0.1, -0.05) is 36.5 Å². The molecule has 0 atom stereocenters. The Labute approximate surface area is 117 Å². The van der Waals surface area contributed by atoms with Crippen LogP contribution in [0.25, 0.3) is 0 Å². The first-order valence-electron chi connectivity index (χ1n) is 6.33. The van der Waals surface area contributed by atoms with Crippen molar-refractivity contribution in [3.63, 3.8) is 0 Å². The highest BCUT2D eigenvalue weighted by Gasteiger charge is 2.16. The molecular formula is C14H16N4S. The first kappa shape index (κ1) is 12.3.